The van der Waals surface area contributed by atoms with Gasteiger partial charge in [-0.2, -0.15) is 11.8 Å². The average Bonchev–Trinajstić information content (AvgIpc) is 1.98. The Hall–Kier alpha value is -0.910. The summed E-state index contributed by atoms with van der Waals surface area (Å²) in [6.45, 7) is 5.27. The molecule has 0 saturated heterocycles. The first-order valence-corrected chi connectivity index (χ1v) is 6.34. The molecule has 0 radical (unpaired) electrons. The highest BCUT2D eigenvalue weighted by Gasteiger charge is 2.20. The van der Waals surface area contributed by atoms with E-state index in [-0.39, 0.29) is 6.42 Å². The molecular weight excluding hydrogens is 230 g/mol. The zero-order valence-electron chi connectivity index (χ0n) is 10.1. The third-order valence-electron chi connectivity index (χ3n) is 1.51. The summed E-state index contributed by atoms with van der Waals surface area (Å²) in [5, 5.41) is 11.2. The van der Waals surface area contributed by atoms with Gasteiger partial charge in [-0.3, -0.25) is 4.79 Å². The SMILES string of the molecule is CSC[C@@H](CC(=O)O)NC(=O)OC(C)(C)C. The van der Waals surface area contributed by atoms with Crippen LogP contribution in [0.1, 0.15) is 27.2 Å². The number of carboxylic acids is 1. The molecule has 0 rings (SSSR count). The van der Waals surface area contributed by atoms with Crippen LogP contribution in [0.4, 0.5) is 4.79 Å². The van der Waals surface area contributed by atoms with Gasteiger partial charge in [0.05, 0.1) is 12.5 Å². The van der Waals surface area contributed by atoms with Gasteiger partial charge in [0.1, 0.15) is 5.60 Å². The maximum Gasteiger partial charge on any atom is 0.407 e. The average molecular weight is 249 g/mol. The van der Waals surface area contributed by atoms with Crippen molar-refractivity contribution in [3.05, 3.63) is 0 Å². The van der Waals surface area contributed by atoms with Crippen molar-refractivity contribution in [3.8, 4) is 0 Å². The smallest absolute Gasteiger partial charge is 0.407 e. The number of hydrogen-bond acceptors (Lipinski definition) is 4. The number of amides is 1. The molecule has 0 aliphatic rings. The summed E-state index contributed by atoms with van der Waals surface area (Å²) in [7, 11) is 0. The Morgan fingerprint density at radius 1 is 1.44 bits per heavy atom. The van der Waals surface area contributed by atoms with Crippen LogP contribution in [0.3, 0.4) is 0 Å². The van der Waals surface area contributed by atoms with E-state index in [1.807, 2.05) is 6.26 Å². The molecule has 94 valence electrons. The van der Waals surface area contributed by atoms with Crippen LogP contribution < -0.4 is 5.32 Å². The number of carbonyl (C=O) groups is 2. The summed E-state index contributed by atoms with van der Waals surface area (Å²) in [5.74, 6) is -0.388. The lowest BCUT2D eigenvalue weighted by Crippen LogP contribution is -2.41. The van der Waals surface area contributed by atoms with Crippen molar-refractivity contribution in [3.63, 3.8) is 0 Å². The first kappa shape index (κ1) is 15.1. The van der Waals surface area contributed by atoms with Crippen LogP contribution in [0.25, 0.3) is 0 Å². The molecular formula is C10H19NO4S. The predicted octanol–water partition coefficient (Wildman–Crippen LogP) is 1.72. The molecule has 0 aliphatic heterocycles. The molecule has 0 heterocycles. The van der Waals surface area contributed by atoms with Crippen LogP contribution in [-0.4, -0.2) is 40.8 Å². The molecule has 0 spiro atoms. The second-order valence-corrected chi connectivity index (χ2v) is 5.31. The number of hydrogen-bond donors (Lipinski definition) is 2. The normalized spacial score (nSPS) is 13.0. The highest BCUT2D eigenvalue weighted by Crippen LogP contribution is 2.08. The van der Waals surface area contributed by atoms with Gasteiger partial charge in [-0.1, -0.05) is 0 Å². The first-order valence-electron chi connectivity index (χ1n) is 4.95. The van der Waals surface area contributed by atoms with Crippen molar-refractivity contribution in [1.82, 2.24) is 5.32 Å². The number of ether oxygens (including phenoxy) is 1. The van der Waals surface area contributed by atoms with E-state index in [9.17, 15) is 9.59 Å². The molecule has 0 aromatic rings. The van der Waals surface area contributed by atoms with Crippen molar-refractivity contribution >= 4 is 23.8 Å². The van der Waals surface area contributed by atoms with Crippen molar-refractivity contribution in [2.45, 2.75) is 38.8 Å². The van der Waals surface area contributed by atoms with Crippen molar-refractivity contribution in [2.75, 3.05) is 12.0 Å². The Balaban J connectivity index is 4.17. The van der Waals surface area contributed by atoms with Crippen LogP contribution in [-0.2, 0) is 9.53 Å². The fraction of sp³-hybridized carbons (Fsp3) is 0.800. The fourth-order valence-electron chi connectivity index (χ4n) is 1.04. The van der Waals surface area contributed by atoms with Gasteiger partial charge < -0.3 is 15.2 Å². The summed E-state index contributed by atoms with van der Waals surface area (Å²) in [5.41, 5.74) is -0.572. The van der Waals surface area contributed by atoms with Crippen LogP contribution in [0.5, 0.6) is 0 Å². The largest absolute Gasteiger partial charge is 0.481 e. The van der Waals surface area contributed by atoms with Crippen molar-refractivity contribution in [2.24, 2.45) is 0 Å². The van der Waals surface area contributed by atoms with Crippen molar-refractivity contribution in [1.29, 1.82) is 0 Å². The number of alkyl carbamates (subject to hydrolysis) is 1. The highest BCUT2D eigenvalue weighted by molar-refractivity contribution is 7.98. The van der Waals surface area contributed by atoms with Gasteiger partial charge in [0.2, 0.25) is 0 Å². The monoisotopic (exact) mass is 249 g/mol. The summed E-state index contributed by atoms with van der Waals surface area (Å²) >= 11 is 1.48. The highest BCUT2D eigenvalue weighted by atomic mass is 32.2. The number of carboxylic acid groups (broad SMARTS) is 1. The van der Waals surface area contributed by atoms with Gasteiger partial charge in [0.25, 0.3) is 0 Å². The molecule has 1 atom stereocenters. The topological polar surface area (TPSA) is 75.6 Å². The minimum absolute atomic E-state index is 0.0971. The standard InChI is InChI=1S/C10H19NO4S/c1-10(2,3)15-9(14)11-7(6-16-4)5-8(12)13/h7H,5-6H2,1-4H3,(H,11,14)(H,12,13)/t7-/m1/s1. The lowest BCUT2D eigenvalue weighted by molar-refractivity contribution is -0.137. The molecule has 6 heteroatoms. The van der Waals surface area contributed by atoms with Crippen LogP contribution in [0.15, 0.2) is 0 Å². The van der Waals surface area contributed by atoms with E-state index in [4.69, 9.17) is 9.84 Å². The van der Waals surface area contributed by atoms with E-state index >= 15 is 0 Å². The van der Waals surface area contributed by atoms with Gasteiger partial charge in [0, 0.05) is 5.75 Å². The van der Waals surface area contributed by atoms with E-state index in [1.165, 1.54) is 11.8 Å². The number of rotatable bonds is 5. The van der Waals surface area contributed by atoms with E-state index in [0.29, 0.717) is 5.75 Å². The molecule has 0 aromatic heterocycles. The van der Waals surface area contributed by atoms with Crippen LogP contribution in [0, 0.1) is 0 Å². The zero-order valence-corrected chi connectivity index (χ0v) is 10.9. The van der Waals surface area contributed by atoms with Crippen LogP contribution in [0.2, 0.25) is 0 Å². The second-order valence-electron chi connectivity index (χ2n) is 4.40. The lowest BCUT2D eigenvalue weighted by atomic mass is 10.2. The second kappa shape index (κ2) is 6.62. The molecule has 0 aromatic carbocycles. The van der Waals surface area contributed by atoms with Gasteiger partial charge in [0.15, 0.2) is 0 Å². The van der Waals surface area contributed by atoms with E-state index in [1.54, 1.807) is 20.8 Å². The molecule has 0 unspecified atom stereocenters. The molecule has 0 bridgehead atoms. The van der Waals surface area contributed by atoms with E-state index < -0.39 is 23.7 Å². The van der Waals surface area contributed by atoms with Gasteiger partial charge in [-0.15, -0.1) is 0 Å². The molecule has 2 N–H and O–H groups in total. The fourth-order valence-corrected chi connectivity index (χ4v) is 1.64. The number of nitrogens with one attached hydrogen (secondary N) is 1. The summed E-state index contributed by atoms with van der Waals surface area (Å²) in [6.07, 6.45) is 1.18. The number of carbonyl (C=O) groups excluding carboxylic acids is 1. The van der Waals surface area contributed by atoms with Gasteiger partial charge in [-0.25, -0.2) is 4.79 Å². The Kier molecular flexibility index (Phi) is 6.25. The zero-order chi connectivity index (χ0) is 12.8. The summed E-state index contributed by atoms with van der Waals surface area (Å²) in [6, 6.07) is -0.401. The predicted molar refractivity (Wildman–Crippen MR) is 63.8 cm³/mol. The first-order chi connectivity index (χ1) is 7.24. The third-order valence-corrected chi connectivity index (χ3v) is 2.25. The van der Waals surface area contributed by atoms with Crippen molar-refractivity contribution < 1.29 is 19.4 Å². The molecule has 0 saturated carbocycles. The van der Waals surface area contributed by atoms with E-state index in [0.717, 1.165) is 0 Å². The summed E-state index contributed by atoms with van der Waals surface area (Å²) in [4.78, 5) is 21.9. The Bertz CT molecular complexity index is 250. The molecule has 0 fully saturated rings. The molecule has 0 aliphatic carbocycles. The van der Waals surface area contributed by atoms with Gasteiger partial charge >= 0.3 is 12.1 Å². The lowest BCUT2D eigenvalue weighted by Gasteiger charge is -2.22. The molecule has 5 nitrogen and oxygen atoms in total. The molecule has 16 heavy (non-hydrogen) atoms. The van der Waals surface area contributed by atoms with Gasteiger partial charge in [-0.05, 0) is 27.0 Å². The minimum atomic E-state index is -0.935. The number of thioether (sulfide) groups is 1. The Labute approximate surface area is 99.9 Å². The number of aliphatic carboxylic acids is 1. The quantitative estimate of drug-likeness (QED) is 0.776. The maximum atomic E-state index is 11.4. The van der Waals surface area contributed by atoms with Crippen LogP contribution >= 0.6 is 11.8 Å². The van der Waals surface area contributed by atoms with E-state index in [2.05, 4.69) is 5.32 Å². The maximum absolute atomic E-state index is 11.4. The Morgan fingerprint density at radius 3 is 2.38 bits per heavy atom. The third kappa shape index (κ3) is 8.40. The minimum Gasteiger partial charge on any atom is -0.481 e. The Morgan fingerprint density at radius 2 is 2.00 bits per heavy atom. The molecule has 1 amide bonds. The summed E-state index contributed by atoms with van der Waals surface area (Å²) < 4.78 is 5.04.